The number of carbonyl (C=O) groups is 5. The lowest BCUT2D eigenvalue weighted by Crippen LogP contribution is -2.32. The lowest BCUT2D eigenvalue weighted by atomic mass is 9.80. The van der Waals surface area contributed by atoms with Crippen LogP contribution in [0.15, 0.2) is 132 Å². The molecule has 2 amide bonds. The summed E-state index contributed by atoms with van der Waals surface area (Å²) in [4.78, 5) is 65.9. The highest BCUT2D eigenvalue weighted by Gasteiger charge is 2.34. The van der Waals surface area contributed by atoms with Gasteiger partial charge >= 0.3 is 5.97 Å². The third-order valence-electron chi connectivity index (χ3n) is 17.9. The summed E-state index contributed by atoms with van der Waals surface area (Å²) in [6.07, 6.45) is 6.78. The van der Waals surface area contributed by atoms with Crippen molar-refractivity contribution in [3.63, 3.8) is 0 Å². The van der Waals surface area contributed by atoms with E-state index in [9.17, 15) is 41.4 Å². The Labute approximate surface area is 587 Å². The fourth-order valence-electron chi connectivity index (χ4n) is 12.7. The van der Waals surface area contributed by atoms with Crippen LogP contribution in [-0.4, -0.2) is 136 Å². The van der Waals surface area contributed by atoms with Gasteiger partial charge in [0.15, 0.2) is 5.78 Å². The van der Waals surface area contributed by atoms with Crippen molar-refractivity contribution in [2.45, 2.75) is 155 Å². The maximum absolute atomic E-state index is 14.4. The van der Waals surface area contributed by atoms with Gasteiger partial charge in [-0.15, -0.1) is 10.2 Å². The van der Waals surface area contributed by atoms with Crippen LogP contribution in [-0.2, 0) is 73.2 Å². The van der Waals surface area contributed by atoms with Gasteiger partial charge in [-0.05, 0) is 142 Å². The standard InChI is InChI=1S/C34H50N2O9S.C23H26N4O3.C18H15FN4O.H2/c1-4-26(37)16-21-32(46(40,41)42)31(38)12-6-7-23-44-27-17-14-25(15-18-27)34-30-11-8-10-28(19-20-29(30)24(3)35-36-34)45-33(39)13-9-22-43-5-2;1-3-29-14-15-30-13-12-21(28)27-16-17-8-4-5-9-18(17)23-22(24-25-26(23)2)19-10-6-7-11-20(19)27;1-2-16(24)22-11-12-7-3-4-8-13(12)17-18(23(19)21-20-17)14-9-5-6-10-15(14)22;/h14-15,17-18,28-29,32,36H,4-13,16,19-23H2,1-3H3,(H,40,41,42);4-11H,3,12-16H2,1-2H3;3-10H,2,11H2,1H3;1H/i;2D;;1+1. The molecule has 5 aromatic carbocycles. The number of nitrogens with one attached hydrogen (secondary N) is 1. The van der Waals surface area contributed by atoms with Crippen molar-refractivity contribution < 1.29 is 67.9 Å². The molecule has 7 aromatic rings. The van der Waals surface area contributed by atoms with E-state index >= 15 is 0 Å². The molecule has 5 heterocycles. The minimum absolute atomic E-state index is 0. The Hall–Kier alpha value is -9.14. The number of nitrogens with zero attached hydrogens (tertiary/aromatic N) is 9. The Balaban J connectivity index is 0.000000204. The molecule has 534 valence electrons. The van der Waals surface area contributed by atoms with Crippen molar-refractivity contribution in [1.29, 1.82) is 0 Å². The molecule has 0 spiro atoms. The van der Waals surface area contributed by atoms with Gasteiger partial charge < -0.3 is 33.5 Å². The zero-order valence-corrected chi connectivity index (χ0v) is 58.4. The minimum atomic E-state index is -4.56. The van der Waals surface area contributed by atoms with E-state index in [0.29, 0.717) is 120 Å². The Morgan fingerprint density at radius 2 is 1.29 bits per heavy atom. The highest BCUT2D eigenvalue weighted by Crippen LogP contribution is 2.43. The normalized spacial score (nSPS) is 15.8. The molecule has 3 atom stereocenters. The van der Waals surface area contributed by atoms with Crippen molar-refractivity contribution in [1.82, 2.24) is 35.6 Å². The number of para-hydroxylation sites is 2. The predicted molar refractivity (Wildman–Crippen MR) is 382 cm³/mol. The van der Waals surface area contributed by atoms with Crippen LogP contribution in [0.4, 0.5) is 15.9 Å². The van der Waals surface area contributed by atoms with Gasteiger partial charge in [0.1, 0.15) is 40.0 Å². The molecule has 1 aliphatic carbocycles. The number of aromatic nitrogens is 6. The number of aryl methyl sites for hydroxylation is 1. The average Bonchev–Trinajstić information content (AvgIpc) is 1.49. The molecule has 0 bridgehead atoms. The Morgan fingerprint density at radius 1 is 0.660 bits per heavy atom. The van der Waals surface area contributed by atoms with Crippen molar-refractivity contribution in [2.75, 3.05) is 56.0 Å². The van der Waals surface area contributed by atoms with Gasteiger partial charge in [0.25, 0.3) is 10.1 Å². The second kappa shape index (κ2) is 36.8. The molecule has 25 heteroatoms. The van der Waals surface area contributed by atoms with Crippen LogP contribution in [0.1, 0.15) is 150 Å². The molecule has 2 N–H and O–H groups in total. The van der Waals surface area contributed by atoms with Crippen molar-refractivity contribution >= 4 is 62.3 Å². The van der Waals surface area contributed by atoms with Crippen LogP contribution in [0.3, 0.4) is 0 Å². The van der Waals surface area contributed by atoms with Crippen LogP contribution in [0.25, 0.3) is 50.7 Å². The van der Waals surface area contributed by atoms with Gasteiger partial charge in [-0.3, -0.25) is 34.0 Å². The number of ketones is 2. The van der Waals surface area contributed by atoms with E-state index in [1.807, 2.05) is 143 Å². The topological polar surface area (TPSA) is 278 Å². The van der Waals surface area contributed by atoms with E-state index in [1.54, 1.807) is 27.5 Å². The first-order valence-corrected chi connectivity index (χ1v) is 36.0. The van der Waals surface area contributed by atoms with Crippen LogP contribution in [0.2, 0.25) is 0 Å². The zero-order chi connectivity index (χ0) is 71.8. The second-order valence-electron chi connectivity index (χ2n) is 24.6. The summed E-state index contributed by atoms with van der Waals surface area (Å²) in [6.45, 7) is 13.8. The highest BCUT2D eigenvalue weighted by atomic mass is 32.2. The number of anilines is 2. The highest BCUT2D eigenvalue weighted by molar-refractivity contribution is 7.87. The molecule has 3 unspecified atom stereocenters. The first kappa shape index (κ1) is 73.6. The summed E-state index contributed by atoms with van der Waals surface area (Å²) in [6, 6.07) is 38.3. The second-order valence-corrected chi connectivity index (χ2v) is 26.2. The largest absolute Gasteiger partial charge is 0.494 e. The first-order chi connectivity index (χ1) is 49.0. The lowest BCUT2D eigenvalue weighted by molar-refractivity contribution is -0.150. The van der Waals surface area contributed by atoms with Crippen LogP contribution < -0.4 is 20.0 Å². The molecule has 1 saturated carbocycles. The fourth-order valence-corrected chi connectivity index (χ4v) is 13.6. The van der Waals surface area contributed by atoms with Gasteiger partial charge in [-0.1, -0.05) is 113 Å². The molecule has 0 saturated heterocycles. The number of hydrogen-bond acceptors (Lipinski definition) is 18. The number of fused-ring (bicyclic) bond motifs is 11. The van der Waals surface area contributed by atoms with Crippen LogP contribution in [0.5, 0.6) is 5.75 Å². The van der Waals surface area contributed by atoms with E-state index in [2.05, 4.69) is 31.2 Å². The molecule has 3 aliphatic heterocycles. The Morgan fingerprint density at radius 3 is 1.99 bits per heavy atom. The van der Waals surface area contributed by atoms with E-state index in [1.165, 1.54) is 5.57 Å². The number of halogens is 1. The summed E-state index contributed by atoms with van der Waals surface area (Å²) in [7, 11) is -4.59. The number of benzene rings is 5. The molecule has 1 fully saturated rings. The lowest BCUT2D eigenvalue weighted by Gasteiger charge is -2.32. The quantitative estimate of drug-likeness (QED) is 0.0275. The molecular weight excluding hydrogens is 1300 g/mol. The Kier molecular flexibility index (Phi) is 27.1. The van der Waals surface area contributed by atoms with Crippen molar-refractivity contribution in [3.8, 4) is 50.8 Å². The first-order valence-electron chi connectivity index (χ1n) is 35.2. The summed E-state index contributed by atoms with van der Waals surface area (Å²) >= 11 is 0. The molecule has 11 rings (SSSR count). The monoisotopic (exact) mass is 1390 g/mol. The van der Waals surface area contributed by atoms with Gasteiger partial charge in [0.05, 0.1) is 68.7 Å². The number of Topliss-reactive ketones (excluding diaryl/α,β-unsaturated/α-hetero) is 2. The maximum atomic E-state index is 14.4. The van der Waals surface area contributed by atoms with Gasteiger partial charge in [-0.25, -0.2) is 4.68 Å². The zero-order valence-electron chi connectivity index (χ0n) is 58.6. The summed E-state index contributed by atoms with van der Waals surface area (Å²) in [5.41, 5.74) is 16.4. The molecule has 4 aliphatic rings. The fraction of sp³-hybridized carbons (Fsp3) is 0.440. The molecule has 2 aromatic heterocycles. The number of rotatable bonds is 27. The smallest absolute Gasteiger partial charge is 0.306 e. The number of esters is 1. The number of ether oxygens (including phenoxy) is 5. The summed E-state index contributed by atoms with van der Waals surface area (Å²) < 4.78 is 84.5. The van der Waals surface area contributed by atoms with E-state index in [-0.39, 0.29) is 86.7 Å². The van der Waals surface area contributed by atoms with E-state index in [4.69, 9.17) is 25.1 Å². The van der Waals surface area contributed by atoms with E-state index in [0.717, 1.165) is 88.3 Å². The number of amides is 2. The van der Waals surface area contributed by atoms with Gasteiger partial charge in [0, 0.05) is 95.6 Å². The number of hydrazone groups is 1. The summed E-state index contributed by atoms with van der Waals surface area (Å²) in [5, 5.41) is 19.2. The third-order valence-corrected chi connectivity index (χ3v) is 19.2. The number of unbranched alkanes of at least 4 members (excludes halogenated alkanes) is 1. The van der Waals surface area contributed by atoms with Crippen molar-refractivity contribution in [3.05, 3.63) is 144 Å². The minimum Gasteiger partial charge on any atom is -0.494 e. The van der Waals surface area contributed by atoms with Gasteiger partial charge in [0.2, 0.25) is 11.8 Å². The molecule has 23 nitrogen and oxygen atoms in total. The van der Waals surface area contributed by atoms with E-state index < -0.39 is 21.2 Å². The third kappa shape index (κ3) is 19.4. The van der Waals surface area contributed by atoms with Crippen LogP contribution >= 0.6 is 0 Å². The number of allylic oxidation sites excluding steroid dienone is 1. The summed E-state index contributed by atoms with van der Waals surface area (Å²) in [5.74, 6) is -0.0702. The number of hydrogen-bond donors (Lipinski definition) is 2. The predicted octanol–water partition coefficient (Wildman–Crippen LogP) is 13.1. The molecule has 100 heavy (non-hydrogen) atoms. The van der Waals surface area contributed by atoms with Crippen LogP contribution in [0, 0.1) is 5.92 Å². The Bertz CT molecular complexity index is 4170. The average molecular weight is 1400 g/mol. The molecular formula is C75H93FN10O13S. The van der Waals surface area contributed by atoms with Crippen molar-refractivity contribution in [2.24, 2.45) is 18.0 Å². The SMILES string of the molecule is CCC(=O)N1Cc2ccccc2-c2nnn(F)c2-c2ccccc21.CCOCCCC(=O)OC1CCCC2=C(c3ccc(OCCCCC(=O)C(CCC(=O)CC)S(=O)(=O)O)cc3)NN=C(C)C2CC1.[2HH].[2H]Cn1nnc2c1-c1ccccc1CN(C(=O)CCOCCOCC)c1ccccc1-2. The molecule has 0 radical (unpaired) electrons. The van der Waals surface area contributed by atoms with Gasteiger partial charge in [-0.2, -0.15) is 13.5 Å². The maximum Gasteiger partial charge on any atom is 0.306 e. The number of carbonyl (C=O) groups excluding carboxylic acids is 5.